The fraction of sp³-hybridized carbons (Fsp3) is 0.933. The van der Waals surface area contributed by atoms with Crippen LogP contribution in [0.5, 0.6) is 0 Å². The van der Waals surface area contributed by atoms with Crippen molar-refractivity contribution in [3.63, 3.8) is 0 Å². The maximum atomic E-state index is 12.3. The molecule has 1 saturated heterocycles. The van der Waals surface area contributed by atoms with Gasteiger partial charge in [-0.1, -0.05) is 47.0 Å². The Balaban J connectivity index is 2.39. The number of unbranched alkanes of at least 4 members (excludes halogenated alkanes) is 1. The molecule has 0 aliphatic carbocycles. The van der Waals surface area contributed by atoms with Gasteiger partial charge in [-0.3, -0.25) is 10.1 Å². The predicted molar refractivity (Wildman–Crippen MR) is 76.2 cm³/mol. The molecule has 1 amide bonds. The standard InChI is InChI=1S/C15H30N2O/c1-6-12(4)14-15(18)17(13(5)16-14)10-8-7-9-11(2)3/h11-14,16H,6-10H2,1-5H3. The van der Waals surface area contributed by atoms with Gasteiger partial charge in [-0.2, -0.15) is 0 Å². The summed E-state index contributed by atoms with van der Waals surface area (Å²) in [6, 6.07) is 0.0371. The molecule has 3 unspecified atom stereocenters. The summed E-state index contributed by atoms with van der Waals surface area (Å²) < 4.78 is 0. The van der Waals surface area contributed by atoms with E-state index in [2.05, 4.69) is 39.9 Å². The number of hydrogen-bond donors (Lipinski definition) is 1. The Kier molecular flexibility index (Phi) is 6.13. The molecule has 0 aromatic heterocycles. The van der Waals surface area contributed by atoms with Crippen LogP contribution in [0.2, 0.25) is 0 Å². The van der Waals surface area contributed by atoms with Gasteiger partial charge in [0.1, 0.15) is 0 Å². The highest BCUT2D eigenvalue weighted by molar-refractivity contribution is 5.84. The largest absolute Gasteiger partial charge is 0.326 e. The van der Waals surface area contributed by atoms with E-state index in [1.54, 1.807) is 0 Å². The highest BCUT2D eigenvalue weighted by Crippen LogP contribution is 2.20. The molecule has 3 atom stereocenters. The predicted octanol–water partition coefficient (Wildman–Crippen LogP) is 3.01. The van der Waals surface area contributed by atoms with Gasteiger partial charge in [-0.05, 0) is 25.2 Å². The Hall–Kier alpha value is -0.570. The zero-order chi connectivity index (χ0) is 13.7. The lowest BCUT2D eigenvalue weighted by atomic mass is 9.99. The summed E-state index contributed by atoms with van der Waals surface area (Å²) in [6.45, 7) is 11.8. The van der Waals surface area contributed by atoms with Crippen LogP contribution in [0, 0.1) is 11.8 Å². The van der Waals surface area contributed by atoms with Gasteiger partial charge in [0.15, 0.2) is 0 Å². The molecule has 1 aliphatic rings. The summed E-state index contributed by atoms with van der Waals surface area (Å²) in [6.07, 6.45) is 4.87. The molecule has 0 aromatic rings. The maximum absolute atomic E-state index is 12.3. The first-order valence-electron chi connectivity index (χ1n) is 7.53. The van der Waals surface area contributed by atoms with Gasteiger partial charge in [0.2, 0.25) is 5.91 Å². The minimum atomic E-state index is 0.0371. The van der Waals surface area contributed by atoms with E-state index >= 15 is 0 Å². The fourth-order valence-corrected chi connectivity index (χ4v) is 2.57. The molecule has 0 radical (unpaired) electrons. The van der Waals surface area contributed by atoms with Crippen molar-refractivity contribution in [1.82, 2.24) is 10.2 Å². The molecule has 0 bridgehead atoms. The fourth-order valence-electron chi connectivity index (χ4n) is 2.57. The highest BCUT2D eigenvalue weighted by Gasteiger charge is 2.38. The molecule has 18 heavy (non-hydrogen) atoms. The minimum Gasteiger partial charge on any atom is -0.326 e. The van der Waals surface area contributed by atoms with Crippen LogP contribution in [-0.2, 0) is 4.79 Å². The van der Waals surface area contributed by atoms with Gasteiger partial charge >= 0.3 is 0 Å². The second-order valence-electron chi connectivity index (χ2n) is 6.13. The molecule has 1 rings (SSSR count). The monoisotopic (exact) mass is 254 g/mol. The molecule has 1 aliphatic heterocycles. The van der Waals surface area contributed by atoms with E-state index in [0.29, 0.717) is 11.8 Å². The molecular formula is C15H30N2O. The van der Waals surface area contributed by atoms with Crippen molar-refractivity contribution in [3.8, 4) is 0 Å². The summed E-state index contributed by atoms with van der Waals surface area (Å²) in [4.78, 5) is 14.3. The van der Waals surface area contributed by atoms with Crippen LogP contribution in [0.4, 0.5) is 0 Å². The van der Waals surface area contributed by atoms with Crippen LogP contribution in [0.25, 0.3) is 0 Å². The summed E-state index contributed by atoms with van der Waals surface area (Å²) in [5.41, 5.74) is 0. The van der Waals surface area contributed by atoms with E-state index in [9.17, 15) is 4.79 Å². The first kappa shape index (κ1) is 15.5. The second-order valence-corrected chi connectivity index (χ2v) is 6.13. The van der Waals surface area contributed by atoms with Gasteiger partial charge < -0.3 is 4.90 Å². The van der Waals surface area contributed by atoms with Gasteiger partial charge in [0, 0.05) is 6.54 Å². The Morgan fingerprint density at radius 3 is 2.50 bits per heavy atom. The molecule has 106 valence electrons. The normalized spacial score (nSPS) is 26.1. The van der Waals surface area contributed by atoms with E-state index in [1.807, 2.05) is 4.90 Å². The molecule has 1 fully saturated rings. The van der Waals surface area contributed by atoms with Crippen LogP contribution < -0.4 is 5.32 Å². The minimum absolute atomic E-state index is 0.0371. The highest BCUT2D eigenvalue weighted by atomic mass is 16.2. The zero-order valence-corrected chi connectivity index (χ0v) is 12.7. The smallest absolute Gasteiger partial charge is 0.241 e. The maximum Gasteiger partial charge on any atom is 0.241 e. The number of hydrogen-bond acceptors (Lipinski definition) is 2. The third kappa shape index (κ3) is 3.98. The third-order valence-corrected chi connectivity index (χ3v) is 4.08. The van der Waals surface area contributed by atoms with Crippen molar-refractivity contribution in [2.75, 3.05) is 6.54 Å². The molecule has 0 spiro atoms. The molecule has 0 aromatic carbocycles. The number of carbonyl (C=O) groups is 1. The summed E-state index contributed by atoms with van der Waals surface area (Å²) in [5, 5.41) is 3.43. The average molecular weight is 254 g/mol. The first-order valence-corrected chi connectivity index (χ1v) is 7.53. The van der Waals surface area contributed by atoms with Crippen LogP contribution in [0.3, 0.4) is 0 Å². The van der Waals surface area contributed by atoms with Crippen molar-refractivity contribution in [2.24, 2.45) is 11.8 Å². The lowest BCUT2D eigenvalue weighted by Crippen LogP contribution is -2.35. The van der Waals surface area contributed by atoms with Crippen molar-refractivity contribution in [3.05, 3.63) is 0 Å². The average Bonchev–Trinajstić information content (AvgIpc) is 2.60. The van der Waals surface area contributed by atoms with E-state index in [0.717, 1.165) is 25.3 Å². The van der Waals surface area contributed by atoms with E-state index in [4.69, 9.17) is 0 Å². The zero-order valence-electron chi connectivity index (χ0n) is 12.7. The summed E-state index contributed by atoms with van der Waals surface area (Å²) in [5.74, 6) is 1.50. The Labute approximate surface area is 112 Å². The van der Waals surface area contributed by atoms with Crippen molar-refractivity contribution in [1.29, 1.82) is 0 Å². The van der Waals surface area contributed by atoms with Crippen molar-refractivity contribution < 1.29 is 4.79 Å². The van der Waals surface area contributed by atoms with E-state index in [1.165, 1.54) is 12.8 Å². The lowest BCUT2D eigenvalue weighted by Gasteiger charge is -2.21. The molecule has 0 saturated carbocycles. The summed E-state index contributed by atoms with van der Waals surface area (Å²) in [7, 11) is 0. The SMILES string of the molecule is CCC(C)C1NC(C)N(CCCCC(C)C)C1=O. The third-order valence-electron chi connectivity index (χ3n) is 4.08. The number of rotatable bonds is 7. The molecular weight excluding hydrogens is 224 g/mol. The van der Waals surface area contributed by atoms with Crippen LogP contribution in [0.1, 0.15) is 60.3 Å². The van der Waals surface area contributed by atoms with Gasteiger partial charge in [-0.25, -0.2) is 0 Å². The van der Waals surface area contributed by atoms with Gasteiger partial charge in [-0.15, -0.1) is 0 Å². The second kappa shape index (κ2) is 7.13. The van der Waals surface area contributed by atoms with Gasteiger partial charge in [0.25, 0.3) is 0 Å². The van der Waals surface area contributed by atoms with Crippen LogP contribution in [-0.4, -0.2) is 29.6 Å². The molecule has 1 heterocycles. The topological polar surface area (TPSA) is 32.3 Å². The van der Waals surface area contributed by atoms with Gasteiger partial charge in [0.05, 0.1) is 12.2 Å². The number of carbonyl (C=O) groups excluding carboxylic acids is 1. The quantitative estimate of drug-likeness (QED) is 0.708. The van der Waals surface area contributed by atoms with Crippen molar-refractivity contribution >= 4 is 5.91 Å². The Morgan fingerprint density at radius 2 is 1.94 bits per heavy atom. The van der Waals surface area contributed by atoms with Crippen LogP contribution >= 0.6 is 0 Å². The number of nitrogens with one attached hydrogen (secondary N) is 1. The molecule has 3 heteroatoms. The first-order chi connectivity index (χ1) is 8.47. The Bertz CT molecular complexity index is 265. The molecule has 1 N–H and O–H groups in total. The number of amides is 1. The van der Waals surface area contributed by atoms with Crippen molar-refractivity contribution in [2.45, 2.75) is 72.5 Å². The lowest BCUT2D eigenvalue weighted by molar-refractivity contribution is -0.130. The van der Waals surface area contributed by atoms with E-state index < -0.39 is 0 Å². The number of nitrogens with zero attached hydrogens (tertiary/aromatic N) is 1. The van der Waals surface area contributed by atoms with Crippen LogP contribution in [0.15, 0.2) is 0 Å². The Morgan fingerprint density at radius 1 is 1.28 bits per heavy atom. The van der Waals surface area contributed by atoms with E-state index in [-0.39, 0.29) is 12.2 Å². The summed E-state index contributed by atoms with van der Waals surface area (Å²) >= 11 is 0. The molecule has 3 nitrogen and oxygen atoms in total.